The fraction of sp³-hybridized carbons (Fsp3) is 0.321. The molecule has 0 radical (unpaired) electrons. The molecule has 0 aliphatic carbocycles. The lowest BCUT2D eigenvalue weighted by Gasteiger charge is -2.39. The first-order chi connectivity index (χ1) is 17.0. The monoisotopic (exact) mass is 478 g/mol. The highest BCUT2D eigenvalue weighted by molar-refractivity contribution is 6.08. The van der Waals surface area contributed by atoms with Gasteiger partial charge in [-0.3, -0.25) is 9.69 Å². The Morgan fingerprint density at radius 1 is 0.914 bits per heavy atom. The van der Waals surface area contributed by atoms with Crippen molar-refractivity contribution in [2.24, 2.45) is 0 Å². The number of hydrogen-bond acceptors (Lipinski definition) is 5. The van der Waals surface area contributed by atoms with Gasteiger partial charge in [0.1, 0.15) is 23.1 Å². The predicted octanol–water partition coefficient (Wildman–Crippen LogP) is 5.16. The molecule has 1 heterocycles. The molecule has 1 aliphatic heterocycles. The summed E-state index contributed by atoms with van der Waals surface area (Å²) in [6.07, 6.45) is 1.58. The summed E-state index contributed by atoms with van der Waals surface area (Å²) in [6.45, 7) is 2.38. The molecule has 0 spiro atoms. The van der Waals surface area contributed by atoms with Gasteiger partial charge in [0.25, 0.3) is 5.91 Å². The number of carbonyl (C=O) groups excluding carboxylic acids is 1. The lowest BCUT2D eigenvalue weighted by molar-refractivity contribution is 0.0955. The van der Waals surface area contributed by atoms with Crippen LogP contribution in [-0.2, 0) is 6.54 Å². The SMILES string of the molecule is COc1ccc(CN2CCC(N(C(=O)c3ccccc3OC)c3ccc(F)cc3)CC2)c(OC)c1. The average Bonchev–Trinajstić information content (AvgIpc) is 2.91. The molecule has 1 fully saturated rings. The molecule has 6 nitrogen and oxygen atoms in total. The van der Waals surface area contributed by atoms with Crippen LogP contribution in [0.25, 0.3) is 0 Å². The van der Waals surface area contributed by atoms with Crippen LogP contribution in [0.4, 0.5) is 10.1 Å². The summed E-state index contributed by atoms with van der Waals surface area (Å²) in [6, 6.07) is 19.2. The predicted molar refractivity (Wildman–Crippen MR) is 134 cm³/mol. The van der Waals surface area contributed by atoms with Gasteiger partial charge < -0.3 is 19.1 Å². The first-order valence-corrected chi connectivity index (χ1v) is 11.7. The Balaban J connectivity index is 1.53. The Labute approximate surface area is 205 Å². The number of para-hydroxylation sites is 1. The number of likely N-dealkylation sites (tertiary alicyclic amines) is 1. The summed E-state index contributed by atoms with van der Waals surface area (Å²) < 4.78 is 30.0. The van der Waals surface area contributed by atoms with Gasteiger partial charge in [0.15, 0.2) is 0 Å². The first kappa shape index (κ1) is 24.5. The van der Waals surface area contributed by atoms with Crippen LogP contribution < -0.4 is 19.1 Å². The molecule has 1 saturated heterocycles. The largest absolute Gasteiger partial charge is 0.497 e. The van der Waals surface area contributed by atoms with E-state index in [0.717, 1.165) is 49.5 Å². The lowest BCUT2D eigenvalue weighted by Crippen LogP contribution is -2.47. The first-order valence-electron chi connectivity index (χ1n) is 11.7. The minimum Gasteiger partial charge on any atom is -0.497 e. The smallest absolute Gasteiger partial charge is 0.262 e. The number of anilines is 1. The van der Waals surface area contributed by atoms with Crippen molar-refractivity contribution >= 4 is 11.6 Å². The van der Waals surface area contributed by atoms with Crippen LogP contribution in [0, 0.1) is 5.82 Å². The van der Waals surface area contributed by atoms with Crippen LogP contribution in [-0.4, -0.2) is 51.3 Å². The number of hydrogen-bond donors (Lipinski definition) is 0. The van der Waals surface area contributed by atoms with E-state index in [1.165, 1.54) is 12.1 Å². The maximum Gasteiger partial charge on any atom is 0.262 e. The molecule has 7 heteroatoms. The lowest BCUT2D eigenvalue weighted by atomic mass is 9.99. The molecule has 0 unspecified atom stereocenters. The molecule has 0 aromatic heterocycles. The number of nitrogens with zero attached hydrogens (tertiary/aromatic N) is 2. The Morgan fingerprint density at radius 2 is 1.60 bits per heavy atom. The fourth-order valence-electron chi connectivity index (χ4n) is 4.61. The summed E-state index contributed by atoms with van der Waals surface area (Å²) >= 11 is 0. The van der Waals surface area contributed by atoms with Crippen molar-refractivity contribution in [3.63, 3.8) is 0 Å². The molecule has 3 aromatic carbocycles. The van der Waals surface area contributed by atoms with E-state index in [2.05, 4.69) is 4.90 Å². The number of ether oxygens (including phenoxy) is 3. The molecule has 35 heavy (non-hydrogen) atoms. The van der Waals surface area contributed by atoms with Crippen molar-refractivity contribution in [3.05, 3.63) is 83.7 Å². The third kappa shape index (κ3) is 5.57. The summed E-state index contributed by atoms with van der Waals surface area (Å²) in [5.41, 5.74) is 2.26. The van der Waals surface area contributed by atoms with Gasteiger partial charge in [0.2, 0.25) is 0 Å². The van der Waals surface area contributed by atoms with Crippen molar-refractivity contribution in [2.75, 3.05) is 39.3 Å². The zero-order chi connectivity index (χ0) is 24.8. The molecule has 3 aromatic rings. The normalized spacial score (nSPS) is 14.4. The maximum atomic E-state index is 13.7. The number of benzene rings is 3. The molecule has 0 atom stereocenters. The fourth-order valence-corrected chi connectivity index (χ4v) is 4.61. The number of rotatable bonds is 8. The summed E-state index contributed by atoms with van der Waals surface area (Å²) in [5.74, 6) is 1.60. The molecule has 0 saturated carbocycles. The van der Waals surface area contributed by atoms with Gasteiger partial charge in [-0.25, -0.2) is 4.39 Å². The van der Waals surface area contributed by atoms with Gasteiger partial charge in [0.05, 0.1) is 26.9 Å². The van der Waals surface area contributed by atoms with E-state index in [1.54, 1.807) is 50.5 Å². The van der Waals surface area contributed by atoms with Crippen molar-refractivity contribution < 1.29 is 23.4 Å². The minimum atomic E-state index is -0.332. The molecular weight excluding hydrogens is 447 g/mol. The van der Waals surface area contributed by atoms with Crippen molar-refractivity contribution in [1.29, 1.82) is 0 Å². The zero-order valence-corrected chi connectivity index (χ0v) is 20.4. The van der Waals surface area contributed by atoms with Gasteiger partial charge in [0, 0.05) is 43.0 Å². The molecule has 4 rings (SSSR count). The molecule has 0 bridgehead atoms. The Kier molecular flexibility index (Phi) is 7.87. The topological polar surface area (TPSA) is 51.2 Å². The zero-order valence-electron chi connectivity index (χ0n) is 20.4. The Hall–Kier alpha value is -3.58. The second-order valence-corrected chi connectivity index (χ2v) is 8.54. The average molecular weight is 479 g/mol. The third-order valence-corrected chi connectivity index (χ3v) is 6.47. The van der Waals surface area contributed by atoms with Gasteiger partial charge in [-0.1, -0.05) is 18.2 Å². The van der Waals surface area contributed by atoms with E-state index in [4.69, 9.17) is 14.2 Å². The molecule has 0 N–H and O–H groups in total. The van der Waals surface area contributed by atoms with Gasteiger partial charge in [-0.05, 0) is 55.3 Å². The van der Waals surface area contributed by atoms with E-state index in [1.807, 2.05) is 30.3 Å². The van der Waals surface area contributed by atoms with E-state index >= 15 is 0 Å². The number of piperidine rings is 1. The third-order valence-electron chi connectivity index (χ3n) is 6.47. The van der Waals surface area contributed by atoms with Gasteiger partial charge in [-0.2, -0.15) is 0 Å². The van der Waals surface area contributed by atoms with Crippen LogP contribution in [0.5, 0.6) is 17.2 Å². The van der Waals surface area contributed by atoms with Gasteiger partial charge in [-0.15, -0.1) is 0 Å². The molecule has 184 valence electrons. The number of carbonyl (C=O) groups is 1. The number of amides is 1. The summed E-state index contributed by atoms with van der Waals surface area (Å²) in [5, 5.41) is 0. The van der Waals surface area contributed by atoms with Crippen LogP contribution in [0.15, 0.2) is 66.7 Å². The standard InChI is InChI=1S/C28H31FN2O4/c1-33-24-13-8-20(27(18-24)35-3)19-30-16-14-23(15-17-30)31(22-11-9-21(29)10-12-22)28(32)25-6-4-5-7-26(25)34-2/h4-13,18,23H,14-17,19H2,1-3H3. The number of halogens is 1. The van der Waals surface area contributed by atoms with Gasteiger partial charge >= 0.3 is 0 Å². The van der Waals surface area contributed by atoms with Crippen molar-refractivity contribution in [3.8, 4) is 17.2 Å². The minimum absolute atomic E-state index is 0.0214. The summed E-state index contributed by atoms with van der Waals surface area (Å²) in [4.78, 5) is 17.9. The van der Waals surface area contributed by atoms with Crippen LogP contribution in [0.1, 0.15) is 28.8 Å². The van der Waals surface area contributed by atoms with Crippen LogP contribution in [0.2, 0.25) is 0 Å². The van der Waals surface area contributed by atoms with Crippen LogP contribution in [0.3, 0.4) is 0 Å². The Bertz CT molecular complexity index is 1140. The van der Waals surface area contributed by atoms with E-state index in [-0.39, 0.29) is 17.8 Å². The van der Waals surface area contributed by atoms with E-state index in [0.29, 0.717) is 17.0 Å². The highest BCUT2D eigenvalue weighted by Crippen LogP contribution is 2.31. The maximum absolute atomic E-state index is 13.7. The molecule has 1 amide bonds. The quantitative estimate of drug-likeness (QED) is 0.448. The van der Waals surface area contributed by atoms with E-state index < -0.39 is 0 Å². The van der Waals surface area contributed by atoms with Crippen molar-refractivity contribution in [1.82, 2.24) is 4.90 Å². The highest BCUT2D eigenvalue weighted by Gasteiger charge is 2.31. The second-order valence-electron chi connectivity index (χ2n) is 8.54. The number of methoxy groups -OCH3 is 3. The highest BCUT2D eigenvalue weighted by atomic mass is 19.1. The Morgan fingerprint density at radius 3 is 2.26 bits per heavy atom. The second kappa shape index (κ2) is 11.2. The summed E-state index contributed by atoms with van der Waals surface area (Å²) in [7, 11) is 4.85. The molecule has 1 aliphatic rings. The van der Waals surface area contributed by atoms with E-state index in [9.17, 15) is 9.18 Å². The van der Waals surface area contributed by atoms with Crippen LogP contribution >= 0.6 is 0 Å². The van der Waals surface area contributed by atoms with Crippen molar-refractivity contribution in [2.45, 2.75) is 25.4 Å². The molecular formula is C28H31FN2O4.